The van der Waals surface area contributed by atoms with Crippen LogP contribution in [-0.4, -0.2) is 22.2 Å². The lowest BCUT2D eigenvalue weighted by Crippen LogP contribution is -2.35. The molecule has 0 saturated heterocycles. The molecule has 0 aliphatic carbocycles. The van der Waals surface area contributed by atoms with Crippen molar-refractivity contribution in [2.24, 2.45) is 0 Å². The van der Waals surface area contributed by atoms with Crippen molar-refractivity contribution >= 4 is 32.5 Å². The maximum atomic E-state index is 9.28. The Labute approximate surface area is 109 Å². The highest BCUT2D eigenvalue weighted by atomic mass is 79.9. The molecule has 0 amide bonds. The quantitative estimate of drug-likeness (QED) is 0.914. The summed E-state index contributed by atoms with van der Waals surface area (Å²) in [6.45, 7) is 3.93. The number of aromatic nitrogens is 1. The summed E-state index contributed by atoms with van der Waals surface area (Å²) in [5, 5.41) is 14.7. The van der Waals surface area contributed by atoms with Gasteiger partial charge in [-0.3, -0.25) is 0 Å². The van der Waals surface area contributed by atoms with Crippen LogP contribution < -0.4 is 5.32 Å². The van der Waals surface area contributed by atoms with Gasteiger partial charge < -0.3 is 10.4 Å². The van der Waals surface area contributed by atoms with Crippen molar-refractivity contribution < 1.29 is 5.11 Å². The average molecular weight is 295 g/mol. The van der Waals surface area contributed by atoms with E-state index in [1.807, 2.05) is 38.1 Å². The molecule has 1 aromatic carbocycles. The van der Waals surface area contributed by atoms with E-state index in [1.165, 1.54) is 0 Å². The molecule has 2 rings (SSSR count). The Kier molecular flexibility index (Phi) is 3.35. The molecular weight excluding hydrogens is 280 g/mol. The van der Waals surface area contributed by atoms with Crippen molar-refractivity contribution in [1.82, 2.24) is 4.98 Å². The van der Waals surface area contributed by atoms with Gasteiger partial charge in [0.1, 0.15) is 5.82 Å². The molecule has 0 aliphatic heterocycles. The number of aliphatic hydroxyl groups excluding tert-OH is 1. The van der Waals surface area contributed by atoms with Crippen LogP contribution >= 0.6 is 15.9 Å². The normalized spacial score (nSPS) is 11.8. The first-order valence-corrected chi connectivity index (χ1v) is 6.25. The van der Waals surface area contributed by atoms with Crippen LogP contribution in [0.4, 0.5) is 5.82 Å². The highest BCUT2D eigenvalue weighted by Crippen LogP contribution is 2.29. The van der Waals surface area contributed by atoms with Crippen molar-refractivity contribution in [1.29, 1.82) is 0 Å². The first-order valence-electron chi connectivity index (χ1n) is 5.46. The minimum absolute atomic E-state index is 0.0546. The highest BCUT2D eigenvalue weighted by Gasteiger charge is 2.18. The Bertz CT molecular complexity index is 540. The summed E-state index contributed by atoms with van der Waals surface area (Å²) >= 11 is 3.49. The van der Waals surface area contributed by atoms with Crippen LogP contribution in [0.15, 0.2) is 34.9 Å². The van der Waals surface area contributed by atoms with Crippen LogP contribution in [0.25, 0.3) is 10.8 Å². The fourth-order valence-electron chi connectivity index (χ4n) is 1.62. The molecule has 1 heterocycles. The number of benzene rings is 1. The Balaban J connectivity index is 2.52. The molecule has 0 saturated carbocycles. The Hall–Kier alpha value is -1.13. The van der Waals surface area contributed by atoms with Crippen LogP contribution in [0.5, 0.6) is 0 Å². The standard InChI is InChI=1S/C13H15BrN2O/c1-13(2,8-17)16-12-10-6-4-3-5-9(10)11(14)7-15-12/h3-7,17H,8H2,1-2H3,(H,15,16). The minimum Gasteiger partial charge on any atom is -0.394 e. The molecule has 3 nitrogen and oxygen atoms in total. The van der Waals surface area contributed by atoms with Crippen molar-refractivity contribution in [3.63, 3.8) is 0 Å². The van der Waals surface area contributed by atoms with Gasteiger partial charge in [-0.05, 0) is 29.8 Å². The number of rotatable bonds is 3. The Morgan fingerprint density at radius 1 is 1.29 bits per heavy atom. The second kappa shape index (κ2) is 4.63. The summed E-state index contributed by atoms with van der Waals surface area (Å²) in [6, 6.07) is 8.03. The predicted molar refractivity (Wildman–Crippen MR) is 74.2 cm³/mol. The number of pyridine rings is 1. The maximum Gasteiger partial charge on any atom is 0.134 e. The second-order valence-electron chi connectivity index (χ2n) is 4.67. The number of anilines is 1. The summed E-state index contributed by atoms with van der Waals surface area (Å²) < 4.78 is 0.973. The maximum absolute atomic E-state index is 9.28. The molecule has 0 bridgehead atoms. The predicted octanol–water partition coefficient (Wildman–Crippen LogP) is 3.18. The van der Waals surface area contributed by atoms with E-state index in [0.717, 1.165) is 21.1 Å². The molecule has 0 unspecified atom stereocenters. The van der Waals surface area contributed by atoms with Gasteiger partial charge in [-0.15, -0.1) is 0 Å². The lowest BCUT2D eigenvalue weighted by Gasteiger charge is -2.25. The Morgan fingerprint density at radius 2 is 1.94 bits per heavy atom. The number of aliphatic hydroxyl groups is 1. The average Bonchev–Trinajstić information content (AvgIpc) is 2.33. The van der Waals surface area contributed by atoms with Crippen LogP contribution in [-0.2, 0) is 0 Å². The molecule has 17 heavy (non-hydrogen) atoms. The van der Waals surface area contributed by atoms with Gasteiger partial charge >= 0.3 is 0 Å². The van der Waals surface area contributed by atoms with Gasteiger partial charge in [0.15, 0.2) is 0 Å². The van der Waals surface area contributed by atoms with Gasteiger partial charge in [0, 0.05) is 21.4 Å². The van der Waals surface area contributed by atoms with E-state index in [4.69, 9.17) is 0 Å². The molecular formula is C13H15BrN2O. The first-order chi connectivity index (χ1) is 8.03. The highest BCUT2D eigenvalue weighted by molar-refractivity contribution is 9.10. The van der Waals surface area contributed by atoms with E-state index in [9.17, 15) is 5.11 Å². The monoisotopic (exact) mass is 294 g/mol. The summed E-state index contributed by atoms with van der Waals surface area (Å²) in [5.41, 5.74) is -0.385. The lowest BCUT2D eigenvalue weighted by molar-refractivity contribution is 0.234. The topological polar surface area (TPSA) is 45.1 Å². The van der Waals surface area contributed by atoms with Crippen molar-refractivity contribution in [3.8, 4) is 0 Å². The number of hydrogen-bond acceptors (Lipinski definition) is 3. The van der Waals surface area contributed by atoms with E-state index in [1.54, 1.807) is 6.20 Å². The number of hydrogen-bond donors (Lipinski definition) is 2. The summed E-state index contributed by atoms with van der Waals surface area (Å²) in [5.74, 6) is 0.794. The van der Waals surface area contributed by atoms with E-state index in [2.05, 4.69) is 26.2 Å². The molecule has 0 radical (unpaired) electrons. The van der Waals surface area contributed by atoms with Crippen LogP contribution in [0, 0.1) is 0 Å². The largest absolute Gasteiger partial charge is 0.394 e. The van der Waals surface area contributed by atoms with Gasteiger partial charge in [0.2, 0.25) is 0 Å². The SMILES string of the molecule is CC(C)(CO)Nc1ncc(Br)c2ccccc12. The van der Waals surface area contributed by atoms with Crippen molar-refractivity contribution in [2.45, 2.75) is 19.4 Å². The fourth-order valence-corrected chi connectivity index (χ4v) is 2.07. The van der Waals surface area contributed by atoms with Crippen molar-refractivity contribution in [2.75, 3.05) is 11.9 Å². The van der Waals surface area contributed by atoms with Gasteiger partial charge in [-0.2, -0.15) is 0 Å². The number of halogens is 1. The van der Waals surface area contributed by atoms with Gasteiger partial charge in [0.25, 0.3) is 0 Å². The number of fused-ring (bicyclic) bond motifs is 1. The molecule has 0 aliphatic rings. The minimum atomic E-state index is -0.385. The molecule has 4 heteroatoms. The third-order valence-corrected chi connectivity index (χ3v) is 3.23. The molecule has 1 aromatic heterocycles. The molecule has 90 valence electrons. The van der Waals surface area contributed by atoms with E-state index in [-0.39, 0.29) is 12.1 Å². The van der Waals surface area contributed by atoms with Crippen LogP contribution in [0.2, 0.25) is 0 Å². The lowest BCUT2D eigenvalue weighted by atomic mass is 10.1. The third-order valence-electron chi connectivity index (χ3n) is 2.60. The number of nitrogens with zero attached hydrogens (tertiary/aromatic N) is 1. The van der Waals surface area contributed by atoms with Crippen molar-refractivity contribution in [3.05, 3.63) is 34.9 Å². The van der Waals surface area contributed by atoms with Gasteiger partial charge in [-0.25, -0.2) is 4.98 Å². The third kappa shape index (κ3) is 2.58. The first kappa shape index (κ1) is 12.3. The second-order valence-corrected chi connectivity index (χ2v) is 5.52. The summed E-state index contributed by atoms with van der Waals surface area (Å²) in [4.78, 5) is 4.37. The number of nitrogens with one attached hydrogen (secondary N) is 1. The molecule has 0 fully saturated rings. The van der Waals surface area contributed by atoms with E-state index in [0.29, 0.717) is 0 Å². The van der Waals surface area contributed by atoms with Crippen LogP contribution in [0.1, 0.15) is 13.8 Å². The molecule has 2 N–H and O–H groups in total. The molecule has 0 spiro atoms. The zero-order valence-electron chi connectivity index (χ0n) is 9.87. The van der Waals surface area contributed by atoms with E-state index < -0.39 is 0 Å². The smallest absolute Gasteiger partial charge is 0.134 e. The molecule has 2 aromatic rings. The van der Waals surface area contributed by atoms with E-state index >= 15 is 0 Å². The zero-order chi connectivity index (χ0) is 12.5. The van der Waals surface area contributed by atoms with Gasteiger partial charge in [0.05, 0.1) is 12.1 Å². The van der Waals surface area contributed by atoms with Crippen LogP contribution in [0.3, 0.4) is 0 Å². The summed E-state index contributed by atoms with van der Waals surface area (Å²) in [6.07, 6.45) is 1.78. The fraction of sp³-hybridized carbons (Fsp3) is 0.308. The Morgan fingerprint density at radius 3 is 2.59 bits per heavy atom. The van der Waals surface area contributed by atoms with Gasteiger partial charge in [-0.1, -0.05) is 24.3 Å². The molecule has 0 atom stereocenters. The zero-order valence-corrected chi connectivity index (χ0v) is 11.5. The summed E-state index contributed by atoms with van der Waals surface area (Å²) in [7, 11) is 0.